The summed E-state index contributed by atoms with van der Waals surface area (Å²) in [7, 11) is 0. The lowest BCUT2D eigenvalue weighted by Crippen LogP contribution is -2.24. The average Bonchev–Trinajstić information content (AvgIpc) is 2.83. The molecular weight excluding hydrogens is 426 g/mol. The number of phenolic OH excluding ortho intramolecular Hbond substituents is 3. The maximum absolute atomic E-state index is 12.0. The van der Waals surface area contributed by atoms with Crippen LogP contribution >= 0.6 is 0 Å². The number of unbranched alkanes of at least 4 members (excludes halogenated alkanes) is 19. The van der Waals surface area contributed by atoms with Crippen LogP contribution in [-0.4, -0.2) is 27.8 Å². The van der Waals surface area contributed by atoms with E-state index in [0.717, 1.165) is 25.0 Å². The first kappa shape index (κ1) is 30.1. The molecule has 1 aromatic rings. The van der Waals surface area contributed by atoms with Crippen molar-refractivity contribution in [2.75, 3.05) is 6.54 Å². The predicted molar refractivity (Wildman–Crippen MR) is 142 cm³/mol. The van der Waals surface area contributed by atoms with E-state index in [2.05, 4.69) is 12.2 Å². The smallest absolute Gasteiger partial charge is 0.251 e. The van der Waals surface area contributed by atoms with Gasteiger partial charge >= 0.3 is 0 Å². The van der Waals surface area contributed by atoms with Gasteiger partial charge in [0.2, 0.25) is 0 Å². The Kier molecular flexibility index (Phi) is 18.1. The molecule has 0 fully saturated rings. The molecular formula is C29H51NO4. The molecule has 34 heavy (non-hydrogen) atoms. The Morgan fingerprint density at radius 1 is 0.588 bits per heavy atom. The molecule has 0 unspecified atom stereocenters. The van der Waals surface area contributed by atoms with Crippen LogP contribution in [0.4, 0.5) is 0 Å². The molecule has 0 saturated carbocycles. The van der Waals surface area contributed by atoms with E-state index in [0.29, 0.717) is 6.54 Å². The van der Waals surface area contributed by atoms with Gasteiger partial charge in [-0.25, -0.2) is 0 Å². The number of nitrogens with one attached hydrogen (secondary N) is 1. The monoisotopic (exact) mass is 477 g/mol. The Morgan fingerprint density at radius 2 is 0.912 bits per heavy atom. The van der Waals surface area contributed by atoms with Crippen LogP contribution in [0.25, 0.3) is 0 Å². The molecule has 196 valence electrons. The Labute approximate surface area is 208 Å². The predicted octanol–water partition coefficient (Wildman–Crippen LogP) is 8.36. The average molecular weight is 478 g/mol. The van der Waals surface area contributed by atoms with Gasteiger partial charge in [0.15, 0.2) is 17.2 Å². The molecule has 0 spiro atoms. The second-order valence-electron chi connectivity index (χ2n) is 9.84. The maximum Gasteiger partial charge on any atom is 0.251 e. The van der Waals surface area contributed by atoms with Crippen molar-refractivity contribution in [3.8, 4) is 17.2 Å². The Morgan fingerprint density at radius 3 is 1.26 bits per heavy atom. The van der Waals surface area contributed by atoms with Crippen LogP contribution in [0.1, 0.15) is 146 Å². The van der Waals surface area contributed by atoms with E-state index >= 15 is 0 Å². The van der Waals surface area contributed by atoms with E-state index in [1.54, 1.807) is 0 Å². The fourth-order valence-electron chi connectivity index (χ4n) is 4.42. The normalized spacial score (nSPS) is 11.1. The highest BCUT2D eigenvalue weighted by molar-refractivity contribution is 5.95. The van der Waals surface area contributed by atoms with Crippen LogP contribution in [0.15, 0.2) is 12.1 Å². The van der Waals surface area contributed by atoms with Gasteiger partial charge in [0.25, 0.3) is 5.91 Å². The van der Waals surface area contributed by atoms with Crippen molar-refractivity contribution in [3.63, 3.8) is 0 Å². The minimum atomic E-state index is -0.606. The number of benzene rings is 1. The summed E-state index contributed by atoms with van der Waals surface area (Å²) < 4.78 is 0. The molecule has 0 aliphatic heterocycles. The van der Waals surface area contributed by atoms with Gasteiger partial charge in [0.05, 0.1) is 0 Å². The second-order valence-corrected chi connectivity index (χ2v) is 9.84. The quantitative estimate of drug-likeness (QED) is 0.0997. The largest absolute Gasteiger partial charge is 0.504 e. The van der Waals surface area contributed by atoms with Gasteiger partial charge < -0.3 is 20.6 Å². The number of aromatic hydroxyl groups is 3. The van der Waals surface area contributed by atoms with E-state index in [1.165, 1.54) is 116 Å². The molecule has 4 N–H and O–H groups in total. The van der Waals surface area contributed by atoms with Crippen LogP contribution in [0.3, 0.4) is 0 Å². The number of hydrogen-bond acceptors (Lipinski definition) is 4. The van der Waals surface area contributed by atoms with Crippen molar-refractivity contribution in [3.05, 3.63) is 17.7 Å². The van der Waals surface area contributed by atoms with E-state index in [-0.39, 0.29) is 11.5 Å². The van der Waals surface area contributed by atoms with Crippen molar-refractivity contribution in [1.29, 1.82) is 0 Å². The topological polar surface area (TPSA) is 89.8 Å². The van der Waals surface area contributed by atoms with Crippen LogP contribution in [-0.2, 0) is 0 Å². The third kappa shape index (κ3) is 15.1. The van der Waals surface area contributed by atoms with Crippen molar-refractivity contribution in [2.45, 2.75) is 135 Å². The van der Waals surface area contributed by atoms with E-state index in [1.807, 2.05) is 0 Å². The van der Waals surface area contributed by atoms with Crippen molar-refractivity contribution >= 4 is 5.91 Å². The van der Waals surface area contributed by atoms with Gasteiger partial charge in [0, 0.05) is 12.1 Å². The maximum atomic E-state index is 12.0. The van der Waals surface area contributed by atoms with Gasteiger partial charge in [-0.15, -0.1) is 0 Å². The third-order valence-electron chi connectivity index (χ3n) is 6.65. The molecule has 0 radical (unpaired) electrons. The molecule has 0 aromatic heterocycles. The number of carbonyl (C=O) groups excluding carboxylic acids is 1. The number of amides is 1. The van der Waals surface area contributed by atoms with Crippen LogP contribution in [0.2, 0.25) is 0 Å². The first-order valence-electron chi connectivity index (χ1n) is 14.1. The number of rotatable bonds is 22. The summed E-state index contributed by atoms with van der Waals surface area (Å²) in [4.78, 5) is 12.0. The first-order valence-corrected chi connectivity index (χ1v) is 14.1. The molecule has 0 heterocycles. The first-order chi connectivity index (χ1) is 16.6. The van der Waals surface area contributed by atoms with Crippen molar-refractivity contribution in [2.24, 2.45) is 0 Å². The highest BCUT2D eigenvalue weighted by Crippen LogP contribution is 2.35. The SMILES string of the molecule is CCCCCCCCCCCCCCCCCCCCCCNC(=O)c1cc(O)c(O)c(O)c1. The molecule has 5 heteroatoms. The Balaban J connectivity index is 1.81. The molecule has 1 aromatic carbocycles. The summed E-state index contributed by atoms with van der Waals surface area (Å²) >= 11 is 0. The Hall–Kier alpha value is -1.91. The zero-order valence-electron chi connectivity index (χ0n) is 21.8. The lowest BCUT2D eigenvalue weighted by molar-refractivity contribution is 0.0952. The summed E-state index contributed by atoms with van der Waals surface area (Å²) in [5.41, 5.74) is 0.140. The van der Waals surface area contributed by atoms with Gasteiger partial charge in [0.1, 0.15) is 0 Å². The fraction of sp³-hybridized carbons (Fsp3) is 0.759. The van der Waals surface area contributed by atoms with E-state index in [9.17, 15) is 20.1 Å². The summed E-state index contributed by atoms with van der Waals surface area (Å²) in [6.07, 6.45) is 26.8. The molecule has 0 atom stereocenters. The minimum absolute atomic E-state index is 0.140. The number of phenols is 3. The molecule has 1 amide bonds. The third-order valence-corrected chi connectivity index (χ3v) is 6.65. The van der Waals surface area contributed by atoms with Crippen molar-refractivity contribution < 1.29 is 20.1 Å². The van der Waals surface area contributed by atoms with Crippen molar-refractivity contribution in [1.82, 2.24) is 5.32 Å². The highest BCUT2D eigenvalue weighted by atomic mass is 16.3. The zero-order valence-corrected chi connectivity index (χ0v) is 21.8. The van der Waals surface area contributed by atoms with Crippen LogP contribution in [0.5, 0.6) is 17.2 Å². The lowest BCUT2D eigenvalue weighted by atomic mass is 10.0. The molecule has 5 nitrogen and oxygen atoms in total. The van der Waals surface area contributed by atoms with Crippen LogP contribution < -0.4 is 5.32 Å². The second kappa shape index (κ2) is 20.5. The standard InChI is InChI=1S/C29H51NO4/c1-2-3-4-5-6-7-8-9-10-11-12-13-14-15-16-17-18-19-20-21-22-30-29(34)25-23-26(31)28(33)27(32)24-25/h23-24,31-33H,2-22H2,1H3,(H,30,34). The molecule has 0 aliphatic carbocycles. The van der Waals surface area contributed by atoms with E-state index < -0.39 is 17.2 Å². The summed E-state index contributed by atoms with van der Waals surface area (Å²) in [5.74, 6) is -1.96. The molecule has 0 aliphatic rings. The molecule has 0 bridgehead atoms. The van der Waals surface area contributed by atoms with Gasteiger partial charge in [-0.05, 0) is 18.6 Å². The van der Waals surface area contributed by atoms with Gasteiger partial charge in [-0.2, -0.15) is 0 Å². The fourth-order valence-corrected chi connectivity index (χ4v) is 4.42. The summed E-state index contributed by atoms with van der Waals surface area (Å²) in [5, 5.41) is 31.1. The minimum Gasteiger partial charge on any atom is -0.504 e. The number of hydrogen-bond donors (Lipinski definition) is 4. The molecule has 0 saturated heterocycles. The Bertz CT molecular complexity index is 624. The summed E-state index contributed by atoms with van der Waals surface area (Å²) in [6.45, 7) is 2.85. The summed E-state index contributed by atoms with van der Waals surface area (Å²) in [6, 6.07) is 2.31. The number of carbonyl (C=O) groups is 1. The van der Waals surface area contributed by atoms with Crippen LogP contribution in [0, 0.1) is 0 Å². The van der Waals surface area contributed by atoms with Gasteiger partial charge in [-0.3, -0.25) is 4.79 Å². The van der Waals surface area contributed by atoms with E-state index in [4.69, 9.17) is 0 Å². The lowest BCUT2D eigenvalue weighted by Gasteiger charge is -2.07. The van der Waals surface area contributed by atoms with Gasteiger partial charge in [-0.1, -0.05) is 129 Å². The highest BCUT2D eigenvalue weighted by Gasteiger charge is 2.12. The zero-order chi connectivity index (χ0) is 24.9. The molecule has 1 rings (SSSR count).